The lowest BCUT2D eigenvalue weighted by Crippen LogP contribution is -2.59. The molecule has 2 unspecified atom stereocenters. The summed E-state index contributed by atoms with van der Waals surface area (Å²) in [4.78, 5) is 17.3. The number of ether oxygens (including phenoxy) is 2. The van der Waals surface area contributed by atoms with Crippen molar-refractivity contribution >= 4 is 22.1 Å². The fourth-order valence-corrected chi connectivity index (χ4v) is 5.46. The molecule has 2 aromatic carbocycles. The molecule has 202 valence electrons. The van der Waals surface area contributed by atoms with Crippen molar-refractivity contribution in [2.75, 3.05) is 19.4 Å². The summed E-state index contributed by atoms with van der Waals surface area (Å²) in [6, 6.07) is 14.8. The molecular formula is C25H33FN4O6S. The highest BCUT2D eigenvalue weighted by Gasteiger charge is 2.48. The molecule has 0 radical (unpaired) electrons. The van der Waals surface area contributed by atoms with Crippen LogP contribution >= 0.6 is 0 Å². The molecule has 1 aliphatic heterocycles. The second kappa shape index (κ2) is 11.1. The van der Waals surface area contributed by atoms with Crippen LogP contribution in [0.15, 0.2) is 59.6 Å². The summed E-state index contributed by atoms with van der Waals surface area (Å²) in [5.41, 5.74) is -1.89. The lowest BCUT2D eigenvalue weighted by Gasteiger charge is -2.41. The Morgan fingerprint density at radius 2 is 1.84 bits per heavy atom. The van der Waals surface area contributed by atoms with E-state index in [1.807, 2.05) is 30.3 Å². The zero-order valence-corrected chi connectivity index (χ0v) is 22.1. The number of sulfonamides is 1. The van der Waals surface area contributed by atoms with Crippen molar-refractivity contribution < 1.29 is 32.2 Å². The molecule has 1 heterocycles. The van der Waals surface area contributed by atoms with E-state index in [0.717, 1.165) is 9.87 Å². The lowest BCUT2D eigenvalue weighted by molar-refractivity contribution is -0.0139. The van der Waals surface area contributed by atoms with Gasteiger partial charge in [-0.3, -0.25) is 0 Å². The molecule has 1 aliphatic rings. The highest BCUT2D eigenvalue weighted by Crippen LogP contribution is 2.39. The standard InChI is InChI=1S/C25H33FN4O6S/c1-24(2,3)36-23(32)30(27)22-28-25(17-37(33,34)29(22)4,20-12-8-9-13-21(20)26)14-19(15-31)35-16-18-10-6-5-7-11-18/h5-13,19,31H,14-17,27H2,1-4H3. The fourth-order valence-electron chi connectivity index (χ4n) is 3.95. The first-order valence-electron chi connectivity index (χ1n) is 11.6. The Morgan fingerprint density at radius 3 is 2.43 bits per heavy atom. The molecule has 0 spiro atoms. The van der Waals surface area contributed by atoms with Crippen LogP contribution in [0.2, 0.25) is 0 Å². The third kappa shape index (κ3) is 6.83. The Labute approximate surface area is 216 Å². The van der Waals surface area contributed by atoms with E-state index in [4.69, 9.17) is 15.3 Å². The predicted octanol–water partition coefficient (Wildman–Crippen LogP) is 2.73. The van der Waals surface area contributed by atoms with Gasteiger partial charge in [0.1, 0.15) is 17.0 Å². The van der Waals surface area contributed by atoms with Crippen LogP contribution < -0.4 is 5.84 Å². The number of rotatable bonds is 7. The van der Waals surface area contributed by atoms with Gasteiger partial charge >= 0.3 is 6.09 Å². The average Bonchev–Trinajstić information content (AvgIpc) is 2.83. The molecule has 0 bridgehead atoms. The predicted molar refractivity (Wildman–Crippen MR) is 136 cm³/mol. The lowest BCUT2D eigenvalue weighted by atomic mass is 9.86. The minimum atomic E-state index is -4.16. The van der Waals surface area contributed by atoms with E-state index in [1.165, 1.54) is 25.2 Å². The molecule has 37 heavy (non-hydrogen) atoms. The number of aliphatic hydroxyl groups is 1. The maximum Gasteiger partial charge on any atom is 0.431 e. The number of hydrogen-bond donors (Lipinski definition) is 2. The van der Waals surface area contributed by atoms with Gasteiger partial charge in [0.25, 0.3) is 0 Å². The maximum absolute atomic E-state index is 15.2. The van der Waals surface area contributed by atoms with Crippen LogP contribution in [0, 0.1) is 5.82 Å². The number of aliphatic imine (C=N–C) groups is 1. The smallest absolute Gasteiger partial charge is 0.431 e. The number of hydrogen-bond acceptors (Lipinski definition) is 8. The average molecular weight is 537 g/mol. The number of guanidine groups is 1. The highest BCUT2D eigenvalue weighted by molar-refractivity contribution is 7.89. The molecule has 2 atom stereocenters. The largest absolute Gasteiger partial charge is 0.442 e. The second-order valence-electron chi connectivity index (χ2n) is 9.80. The molecule has 0 saturated heterocycles. The molecule has 0 fully saturated rings. The quantitative estimate of drug-likeness (QED) is 0.316. The normalized spacial score (nSPS) is 20.2. The zero-order valence-electron chi connectivity index (χ0n) is 21.3. The summed E-state index contributed by atoms with van der Waals surface area (Å²) in [7, 11) is -2.96. The van der Waals surface area contributed by atoms with Gasteiger partial charge in [-0.1, -0.05) is 48.5 Å². The summed E-state index contributed by atoms with van der Waals surface area (Å²) in [6.07, 6.45) is -2.18. The van der Waals surface area contributed by atoms with E-state index in [9.17, 15) is 18.3 Å². The van der Waals surface area contributed by atoms with Crippen LogP contribution in [-0.2, 0) is 31.6 Å². The van der Waals surface area contributed by atoms with E-state index in [2.05, 4.69) is 4.99 Å². The Balaban J connectivity index is 2.08. The molecular weight excluding hydrogens is 503 g/mol. The van der Waals surface area contributed by atoms with Crippen molar-refractivity contribution in [3.63, 3.8) is 0 Å². The van der Waals surface area contributed by atoms with Crippen molar-refractivity contribution in [1.82, 2.24) is 9.31 Å². The Bertz CT molecular complexity index is 1240. The minimum absolute atomic E-state index is 0.0384. The number of amides is 1. The number of nitrogens with two attached hydrogens (primary N) is 1. The SMILES string of the molecule is CN1C(N(N)C(=O)OC(C)(C)C)=NC(CC(CO)OCc2ccccc2)(c2ccccc2F)CS1(=O)=O. The van der Waals surface area contributed by atoms with Crippen molar-refractivity contribution in [1.29, 1.82) is 0 Å². The number of nitrogens with zero attached hydrogens (tertiary/aromatic N) is 3. The Hall–Kier alpha value is -3.06. The van der Waals surface area contributed by atoms with E-state index in [-0.39, 0.29) is 18.6 Å². The zero-order chi connectivity index (χ0) is 27.4. The summed E-state index contributed by atoms with van der Waals surface area (Å²) in [6.45, 7) is 4.52. The topological polar surface area (TPSA) is 135 Å². The van der Waals surface area contributed by atoms with Gasteiger partial charge in [-0.2, -0.15) is 5.01 Å². The number of halogens is 1. The molecule has 1 amide bonds. The van der Waals surface area contributed by atoms with Gasteiger partial charge in [0.2, 0.25) is 16.0 Å². The van der Waals surface area contributed by atoms with Gasteiger partial charge in [0.05, 0.1) is 25.1 Å². The molecule has 0 saturated carbocycles. The van der Waals surface area contributed by atoms with Crippen LogP contribution in [0.3, 0.4) is 0 Å². The maximum atomic E-state index is 15.2. The van der Waals surface area contributed by atoms with E-state index < -0.39 is 57.5 Å². The van der Waals surface area contributed by atoms with Crippen LogP contribution in [0.4, 0.5) is 9.18 Å². The molecule has 3 N–H and O–H groups in total. The molecule has 12 heteroatoms. The van der Waals surface area contributed by atoms with Crippen LogP contribution in [-0.4, -0.2) is 66.0 Å². The highest BCUT2D eigenvalue weighted by atomic mass is 32.2. The molecule has 3 rings (SSSR count). The molecule has 0 aliphatic carbocycles. The first kappa shape index (κ1) is 28.5. The summed E-state index contributed by atoms with van der Waals surface area (Å²) in [5.74, 6) is 4.19. The van der Waals surface area contributed by atoms with Crippen molar-refractivity contribution in [2.45, 2.75) is 51.0 Å². The van der Waals surface area contributed by atoms with E-state index >= 15 is 4.39 Å². The molecule has 10 nitrogen and oxygen atoms in total. The molecule has 0 aromatic heterocycles. The summed E-state index contributed by atoms with van der Waals surface area (Å²) >= 11 is 0. The summed E-state index contributed by atoms with van der Waals surface area (Å²) < 4.78 is 53.8. The minimum Gasteiger partial charge on any atom is -0.442 e. The van der Waals surface area contributed by atoms with Gasteiger partial charge in [-0.15, -0.1) is 0 Å². The first-order valence-corrected chi connectivity index (χ1v) is 13.2. The third-order valence-corrected chi connectivity index (χ3v) is 7.55. The van der Waals surface area contributed by atoms with Crippen LogP contribution in [0.25, 0.3) is 0 Å². The third-order valence-electron chi connectivity index (χ3n) is 5.71. The van der Waals surface area contributed by atoms with Crippen LogP contribution in [0.5, 0.6) is 0 Å². The number of hydrazine groups is 1. The van der Waals surface area contributed by atoms with Gasteiger partial charge in [-0.25, -0.2) is 32.7 Å². The number of benzene rings is 2. The second-order valence-corrected chi connectivity index (χ2v) is 11.8. The first-order chi connectivity index (χ1) is 17.3. The fraction of sp³-hybridized carbons (Fsp3) is 0.440. The number of carbonyl (C=O) groups is 1. The van der Waals surface area contributed by atoms with Crippen molar-refractivity contribution in [2.24, 2.45) is 10.8 Å². The molecule has 2 aromatic rings. The van der Waals surface area contributed by atoms with E-state index in [0.29, 0.717) is 5.01 Å². The van der Waals surface area contributed by atoms with Gasteiger partial charge < -0.3 is 14.6 Å². The number of aliphatic hydroxyl groups excluding tert-OH is 1. The monoisotopic (exact) mass is 536 g/mol. The van der Waals surface area contributed by atoms with Crippen molar-refractivity contribution in [3.05, 3.63) is 71.5 Å². The Kier molecular flexibility index (Phi) is 8.58. The van der Waals surface area contributed by atoms with Gasteiger partial charge in [0, 0.05) is 19.0 Å². The summed E-state index contributed by atoms with van der Waals surface area (Å²) in [5, 5.41) is 10.6. The van der Waals surface area contributed by atoms with Crippen molar-refractivity contribution in [3.8, 4) is 0 Å². The van der Waals surface area contributed by atoms with Gasteiger partial charge in [-0.05, 0) is 32.4 Å². The van der Waals surface area contributed by atoms with Gasteiger partial charge in [0.15, 0.2) is 0 Å². The number of carbonyl (C=O) groups excluding carboxylic acids is 1. The Morgan fingerprint density at radius 1 is 1.22 bits per heavy atom. The van der Waals surface area contributed by atoms with E-state index in [1.54, 1.807) is 26.8 Å². The van der Waals surface area contributed by atoms with Crippen LogP contribution in [0.1, 0.15) is 38.3 Å².